The van der Waals surface area contributed by atoms with Crippen molar-refractivity contribution in [3.8, 4) is 5.75 Å². The Morgan fingerprint density at radius 3 is 2.96 bits per heavy atom. The normalized spacial score (nSPS) is 22.4. The second kappa shape index (κ2) is 10.4. The first kappa shape index (κ1) is 22.1. The predicted molar refractivity (Wildman–Crippen MR) is 112 cm³/mol. The zero-order valence-corrected chi connectivity index (χ0v) is 18.0. The zero-order chi connectivity index (χ0) is 18.4. The van der Waals surface area contributed by atoms with Crippen LogP contribution in [-0.2, 0) is 11.3 Å². The van der Waals surface area contributed by atoms with Crippen molar-refractivity contribution in [1.82, 2.24) is 10.2 Å². The van der Waals surface area contributed by atoms with E-state index in [4.69, 9.17) is 14.5 Å². The van der Waals surface area contributed by atoms with Crippen LogP contribution in [0.5, 0.6) is 5.75 Å². The molecule has 27 heavy (non-hydrogen) atoms. The molecule has 1 spiro atoms. The quantitative estimate of drug-likeness (QED) is 0.373. The Morgan fingerprint density at radius 2 is 2.26 bits per heavy atom. The summed E-state index contributed by atoms with van der Waals surface area (Å²) in [6, 6.07) is 7.19. The van der Waals surface area contributed by atoms with Crippen molar-refractivity contribution in [3.63, 3.8) is 0 Å². The van der Waals surface area contributed by atoms with Gasteiger partial charge < -0.3 is 19.7 Å². The fourth-order valence-corrected chi connectivity index (χ4v) is 3.57. The number of halogens is 3. The molecule has 1 unspecified atom stereocenters. The van der Waals surface area contributed by atoms with Crippen molar-refractivity contribution >= 4 is 29.9 Å². The van der Waals surface area contributed by atoms with Crippen LogP contribution in [0.2, 0.25) is 0 Å². The number of alkyl halides is 2. The van der Waals surface area contributed by atoms with Crippen LogP contribution < -0.4 is 10.1 Å². The molecular weight excluding hydrogens is 467 g/mol. The molecule has 1 atom stereocenters. The third-order valence-electron chi connectivity index (χ3n) is 4.94. The third kappa shape index (κ3) is 6.17. The first-order chi connectivity index (χ1) is 12.6. The van der Waals surface area contributed by atoms with Crippen LogP contribution in [0.25, 0.3) is 0 Å². The molecule has 2 aliphatic rings. The number of rotatable bonds is 6. The van der Waals surface area contributed by atoms with Gasteiger partial charge in [0.15, 0.2) is 5.96 Å². The lowest BCUT2D eigenvalue weighted by Gasteiger charge is -2.25. The zero-order valence-electron chi connectivity index (χ0n) is 15.6. The average Bonchev–Trinajstić information content (AvgIpc) is 3.27. The molecule has 8 heteroatoms. The molecule has 1 aromatic rings. The molecule has 0 bridgehead atoms. The molecule has 0 aromatic heterocycles. The Morgan fingerprint density at radius 1 is 1.41 bits per heavy atom. The number of ether oxygens (including phenoxy) is 2. The van der Waals surface area contributed by atoms with Crippen LogP contribution in [0.15, 0.2) is 29.3 Å². The Kier molecular flexibility index (Phi) is 8.53. The molecule has 5 nitrogen and oxygen atoms in total. The van der Waals surface area contributed by atoms with Gasteiger partial charge in [0.1, 0.15) is 12.4 Å². The number of hydrogen-bond donors (Lipinski definition) is 1. The Bertz CT molecular complexity index is 625. The highest BCUT2D eigenvalue weighted by Crippen LogP contribution is 2.38. The molecule has 3 rings (SSSR count). The number of aliphatic imine (C=N–C) groups is 1. The molecule has 0 radical (unpaired) electrons. The van der Waals surface area contributed by atoms with E-state index < -0.39 is 13.0 Å². The van der Waals surface area contributed by atoms with Gasteiger partial charge in [0.2, 0.25) is 0 Å². The monoisotopic (exact) mass is 495 g/mol. The van der Waals surface area contributed by atoms with Gasteiger partial charge in [-0.2, -0.15) is 0 Å². The molecule has 1 aromatic carbocycles. The maximum Gasteiger partial charge on any atom is 0.272 e. The Hall–Kier alpha value is -1.16. The van der Waals surface area contributed by atoms with Crippen LogP contribution in [0.1, 0.15) is 25.3 Å². The SMILES string of the molecule is CCNC(=NCc1cccc(OCC(F)F)c1)N1CCC2(CCOC2)C1.I. The molecule has 2 aliphatic heterocycles. The number of nitrogens with one attached hydrogen (secondary N) is 1. The standard InChI is InChI=1S/C19H27F2N3O2.HI/c1-2-22-18(24-8-6-19(13-24)7-9-25-14-19)23-11-15-4-3-5-16(10-15)26-12-17(20)21;/h3-5,10,17H,2,6-9,11-14H2,1H3,(H,22,23);1H. The number of likely N-dealkylation sites (tertiary alicyclic amines) is 1. The lowest BCUT2D eigenvalue weighted by molar-refractivity contribution is 0.0818. The summed E-state index contributed by atoms with van der Waals surface area (Å²) in [6.45, 7) is 6.39. The lowest BCUT2D eigenvalue weighted by atomic mass is 9.87. The van der Waals surface area contributed by atoms with Gasteiger partial charge in [-0.05, 0) is 37.5 Å². The molecular formula is C19H28F2IN3O2. The second-order valence-electron chi connectivity index (χ2n) is 6.99. The molecule has 0 amide bonds. The summed E-state index contributed by atoms with van der Waals surface area (Å²) >= 11 is 0. The number of hydrogen-bond acceptors (Lipinski definition) is 3. The fraction of sp³-hybridized carbons (Fsp3) is 0.632. The molecule has 1 N–H and O–H groups in total. The fourth-order valence-electron chi connectivity index (χ4n) is 3.57. The first-order valence-corrected chi connectivity index (χ1v) is 9.21. The second-order valence-corrected chi connectivity index (χ2v) is 6.99. The summed E-state index contributed by atoms with van der Waals surface area (Å²) in [7, 11) is 0. The third-order valence-corrected chi connectivity index (χ3v) is 4.94. The Balaban J connectivity index is 0.00000261. The summed E-state index contributed by atoms with van der Waals surface area (Å²) in [6.07, 6.45) is -0.222. The summed E-state index contributed by atoms with van der Waals surface area (Å²) < 4.78 is 35.3. The van der Waals surface area contributed by atoms with Gasteiger partial charge in [-0.1, -0.05) is 12.1 Å². The van der Waals surface area contributed by atoms with E-state index in [1.54, 1.807) is 18.2 Å². The van der Waals surface area contributed by atoms with Crippen LogP contribution in [0.3, 0.4) is 0 Å². The molecule has 2 heterocycles. The Labute approximate surface area is 176 Å². The molecule has 0 aliphatic carbocycles. The van der Waals surface area contributed by atoms with Gasteiger partial charge >= 0.3 is 0 Å². The van der Waals surface area contributed by atoms with Gasteiger partial charge in [-0.3, -0.25) is 0 Å². The minimum Gasteiger partial charge on any atom is -0.488 e. The minimum absolute atomic E-state index is 0. The smallest absolute Gasteiger partial charge is 0.272 e. The van der Waals surface area contributed by atoms with Gasteiger partial charge in [-0.25, -0.2) is 13.8 Å². The molecule has 2 saturated heterocycles. The summed E-state index contributed by atoms with van der Waals surface area (Å²) in [4.78, 5) is 7.04. The lowest BCUT2D eigenvalue weighted by Crippen LogP contribution is -2.41. The minimum atomic E-state index is -2.47. The van der Waals surface area contributed by atoms with E-state index in [-0.39, 0.29) is 29.4 Å². The van der Waals surface area contributed by atoms with E-state index in [1.807, 2.05) is 6.07 Å². The van der Waals surface area contributed by atoms with E-state index in [2.05, 4.69) is 17.1 Å². The largest absolute Gasteiger partial charge is 0.488 e. The van der Waals surface area contributed by atoms with Crippen LogP contribution >= 0.6 is 24.0 Å². The van der Waals surface area contributed by atoms with Crippen molar-refractivity contribution in [2.75, 3.05) is 39.5 Å². The summed E-state index contributed by atoms with van der Waals surface area (Å²) in [5.41, 5.74) is 1.21. The summed E-state index contributed by atoms with van der Waals surface area (Å²) in [5.74, 6) is 1.35. The topological polar surface area (TPSA) is 46.1 Å². The maximum atomic E-state index is 12.3. The van der Waals surface area contributed by atoms with Crippen molar-refractivity contribution in [2.24, 2.45) is 10.4 Å². The number of nitrogens with zero attached hydrogens (tertiary/aromatic N) is 2. The highest BCUT2D eigenvalue weighted by Gasteiger charge is 2.42. The van der Waals surface area contributed by atoms with Crippen molar-refractivity contribution < 1.29 is 18.3 Å². The molecule has 0 saturated carbocycles. The van der Waals surface area contributed by atoms with Crippen molar-refractivity contribution in [2.45, 2.75) is 32.7 Å². The highest BCUT2D eigenvalue weighted by molar-refractivity contribution is 14.0. The van der Waals surface area contributed by atoms with Gasteiger partial charge in [0, 0.05) is 31.7 Å². The van der Waals surface area contributed by atoms with E-state index >= 15 is 0 Å². The van der Waals surface area contributed by atoms with Crippen LogP contribution in [0.4, 0.5) is 8.78 Å². The van der Waals surface area contributed by atoms with E-state index in [1.165, 1.54) is 0 Å². The van der Waals surface area contributed by atoms with E-state index in [0.717, 1.165) is 57.2 Å². The summed E-state index contributed by atoms with van der Waals surface area (Å²) in [5, 5.41) is 3.36. The van der Waals surface area contributed by atoms with Crippen molar-refractivity contribution in [3.05, 3.63) is 29.8 Å². The van der Waals surface area contributed by atoms with E-state index in [0.29, 0.717) is 12.3 Å². The van der Waals surface area contributed by atoms with Gasteiger partial charge in [0.05, 0.1) is 13.2 Å². The van der Waals surface area contributed by atoms with Crippen LogP contribution in [-0.4, -0.2) is 56.7 Å². The number of guanidine groups is 1. The predicted octanol–water partition coefficient (Wildman–Crippen LogP) is 3.53. The van der Waals surface area contributed by atoms with Gasteiger partial charge in [-0.15, -0.1) is 24.0 Å². The van der Waals surface area contributed by atoms with Crippen LogP contribution in [0, 0.1) is 5.41 Å². The average molecular weight is 495 g/mol. The first-order valence-electron chi connectivity index (χ1n) is 9.21. The number of benzene rings is 1. The molecule has 152 valence electrons. The van der Waals surface area contributed by atoms with E-state index in [9.17, 15) is 8.78 Å². The van der Waals surface area contributed by atoms with Gasteiger partial charge in [0.25, 0.3) is 6.43 Å². The maximum absolute atomic E-state index is 12.3. The molecule has 2 fully saturated rings. The van der Waals surface area contributed by atoms with Crippen molar-refractivity contribution in [1.29, 1.82) is 0 Å². The highest BCUT2D eigenvalue weighted by atomic mass is 127.